The van der Waals surface area contributed by atoms with Gasteiger partial charge in [0.2, 0.25) is 0 Å². The quantitative estimate of drug-likeness (QED) is 0.355. The number of allylic oxidation sites excluding steroid dienone is 2. The van der Waals surface area contributed by atoms with E-state index in [2.05, 4.69) is 71.0 Å². The highest BCUT2D eigenvalue weighted by Gasteiger charge is 2.60. The van der Waals surface area contributed by atoms with Gasteiger partial charge in [-0.15, -0.1) is 0 Å². The minimum atomic E-state index is 0.546. The van der Waals surface area contributed by atoms with Crippen molar-refractivity contribution in [3.8, 4) is 0 Å². The average Bonchev–Trinajstić information content (AvgIpc) is 3.16. The first kappa shape index (κ1) is 24.6. The van der Waals surface area contributed by atoms with E-state index in [-0.39, 0.29) is 0 Å². The largest absolute Gasteiger partial charge is 0.0847 e. The predicted octanol–water partition coefficient (Wildman–Crippen LogP) is 9.89. The lowest BCUT2D eigenvalue weighted by Crippen LogP contribution is -2.53. The van der Waals surface area contributed by atoms with Crippen molar-refractivity contribution in [3.63, 3.8) is 0 Å². The van der Waals surface area contributed by atoms with Crippen LogP contribution in [0.5, 0.6) is 0 Å². The molecular weight excluding hydrogens is 408 g/mol. The Morgan fingerprint density at radius 3 is 2.38 bits per heavy atom. The molecule has 0 heteroatoms. The summed E-state index contributed by atoms with van der Waals surface area (Å²) in [5, 5.41) is 0. The molecule has 5 rings (SSSR count). The van der Waals surface area contributed by atoms with Gasteiger partial charge in [0.25, 0.3) is 0 Å². The van der Waals surface area contributed by atoms with Crippen LogP contribution in [-0.2, 0) is 6.42 Å². The highest BCUT2D eigenvalue weighted by molar-refractivity contribution is 5.25. The lowest BCUT2D eigenvalue weighted by atomic mass is 9.44. The van der Waals surface area contributed by atoms with Crippen LogP contribution in [0.25, 0.3) is 0 Å². The molecule has 4 aliphatic carbocycles. The minimum Gasteiger partial charge on any atom is -0.0847 e. The molecule has 34 heavy (non-hydrogen) atoms. The lowest BCUT2D eigenvalue weighted by molar-refractivity contribution is -0.102. The molecule has 0 aliphatic heterocycles. The maximum atomic E-state index is 2.75. The van der Waals surface area contributed by atoms with Crippen molar-refractivity contribution in [1.82, 2.24) is 0 Å². The van der Waals surface area contributed by atoms with Crippen molar-refractivity contribution >= 4 is 0 Å². The Morgan fingerprint density at radius 1 is 0.853 bits per heavy atom. The molecule has 0 saturated heterocycles. The van der Waals surface area contributed by atoms with E-state index < -0.39 is 0 Å². The van der Waals surface area contributed by atoms with E-state index >= 15 is 0 Å². The summed E-state index contributed by atoms with van der Waals surface area (Å²) in [6.07, 6.45) is 20.0. The van der Waals surface area contributed by atoms with E-state index in [0.717, 1.165) is 41.4 Å². The van der Waals surface area contributed by atoms with Crippen LogP contribution >= 0.6 is 0 Å². The van der Waals surface area contributed by atoms with E-state index in [1.54, 1.807) is 5.57 Å². The fourth-order valence-electron chi connectivity index (χ4n) is 10.1. The smallest absolute Gasteiger partial charge is 0.00669 e. The van der Waals surface area contributed by atoms with Crippen LogP contribution < -0.4 is 0 Å². The first-order valence-electron chi connectivity index (χ1n) is 15.0. The van der Waals surface area contributed by atoms with Crippen LogP contribution in [0.15, 0.2) is 42.0 Å². The predicted molar refractivity (Wildman–Crippen MR) is 147 cm³/mol. The van der Waals surface area contributed by atoms with E-state index in [1.165, 1.54) is 82.6 Å². The van der Waals surface area contributed by atoms with Crippen LogP contribution in [0.1, 0.15) is 111 Å². The summed E-state index contributed by atoms with van der Waals surface area (Å²) >= 11 is 0. The molecular formula is C34H52. The number of fused-ring (bicyclic) bond motifs is 5. The summed E-state index contributed by atoms with van der Waals surface area (Å²) in [4.78, 5) is 0. The van der Waals surface area contributed by atoms with Crippen LogP contribution in [0.2, 0.25) is 0 Å². The summed E-state index contributed by atoms with van der Waals surface area (Å²) in [5.41, 5.74) is 4.41. The van der Waals surface area contributed by atoms with Crippen LogP contribution in [0.4, 0.5) is 0 Å². The van der Waals surface area contributed by atoms with E-state index in [4.69, 9.17) is 0 Å². The first-order valence-corrected chi connectivity index (χ1v) is 15.0. The summed E-state index contributed by atoms with van der Waals surface area (Å²) < 4.78 is 0. The maximum absolute atomic E-state index is 2.75. The highest BCUT2D eigenvalue weighted by Crippen LogP contribution is 2.68. The Bertz CT molecular complexity index is 848. The van der Waals surface area contributed by atoms with Crippen molar-refractivity contribution < 1.29 is 0 Å². The van der Waals surface area contributed by atoms with Crippen LogP contribution in [0, 0.1) is 52.3 Å². The monoisotopic (exact) mass is 460 g/mol. The third kappa shape index (κ3) is 4.46. The summed E-state index contributed by atoms with van der Waals surface area (Å²) in [6.45, 7) is 12.9. The van der Waals surface area contributed by atoms with Gasteiger partial charge in [-0.1, -0.05) is 95.9 Å². The van der Waals surface area contributed by atoms with Gasteiger partial charge in [0.05, 0.1) is 0 Å². The lowest BCUT2D eigenvalue weighted by Gasteiger charge is -2.60. The molecule has 4 aliphatic rings. The van der Waals surface area contributed by atoms with Gasteiger partial charge in [0.15, 0.2) is 0 Å². The van der Waals surface area contributed by atoms with Gasteiger partial charge in [-0.2, -0.15) is 0 Å². The molecule has 8 atom stereocenters. The van der Waals surface area contributed by atoms with Crippen molar-refractivity contribution in [2.75, 3.05) is 0 Å². The second-order valence-electron chi connectivity index (χ2n) is 14.1. The summed E-state index contributed by atoms with van der Waals surface area (Å²) in [7, 11) is 0. The molecule has 188 valence electrons. The molecule has 0 heterocycles. The third-order valence-corrected chi connectivity index (χ3v) is 11.8. The minimum absolute atomic E-state index is 0.546. The number of hydrogen-bond acceptors (Lipinski definition) is 0. The molecule has 3 fully saturated rings. The topological polar surface area (TPSA) is 0 Å². The van der Waals surface area contributed by atoms with Gasteiger partial charge >= 0.3 is 0 Å². The van der Waals surface area contributed by atoms with Crippen LogP contribution in [-0.4, -0.2) is 0 Å². The van der Waals surface area contributed by atoms with Gasteiger partial charge in [-0.3, -0.25) is 0 Å². The van der Waals surface area contributed by atoms with Crippen molar-refractivity contribution in [2.45, 2.75) is 112 Å². The number of rotatable bonds is 7. The Morgan fingerprint density at radius 2 is 1.62 bits per heavy atom. The summed E-state index contributed by atoms with van der Waals surface area (Å²) in [6, 6.07) is 11.2. The molecule has 0 amide bonds. The molecule has 0 nitrogen and oxygen atoms in total. The molecule has 0 aromatic heterocycles. The summed E-state index contributed by atoms with van der Waals surface area (Å²) in [5.74, 6) is 6.68. The van der Waals surface area contributed by atoms with Gasteiger partial charge in [0.1, 0.15) is 0 Å². The van der Waals surface area contributed by atoms with Gasteiger partial charge in [0, 0.05) is 0 Å². The fraction of sp³-hybridized carbons (Fsp3) is 0.765. The van der Waals surface area contributed by atoms with Crippen LogP contribution in [0.3, 0.4) is 0 Å². The number of benzene rings is 1. The maximum Gasteiger partial charge on any atom is -0.00669 e. The number of hydrogen-bond donors (Lipinski definition) is 0. The molecule has 0 radical (unpaired) electrons. The Labute approximate surface area is 211 Å². The standard InChI is InChI=1S/C34H52/c1-24(2)10-9-11-25(3)30-18-19-31-29-17-16-28-15-14-27(22-26-12-7-6-8-13-26)23-34(28,5)32(29)20-21-33(30,31)4/h6-8,12-14,24-25,28-32H,9-11,15-23H2,1-5H3/t25-,28-,29+,30+,31-,32+,33+,34+/m1/s1. The second kappa shape index (κ2) is 9.78. The van der Waals surface area contributed by atoms with Gasteiger partial charge < -0.3 is 0 Å². The first-order chi connectivity index (χ1) is 16.3. The molecule has 1 aromatic rings. The Balaban J connectivity index is 1.29. The Hall–Kier alpha value is -1.04. The van der Waals surface area contributed by atoms with E-state index in [1.807, 2.05) is 0 Å². The second-order valence-corrected chi connectivity index (χ2v) is 14.1. The molecule has 0 unspecified atom stereocenters. The third-order valence-electron chi connectivity index (χ3n) is 11.8. The molecule has 3 saturated carbocycles. The molecule has 0 N–H and O–H groups in total. The fourth-order valence-corrected chi connectivity index (χ4v) is 10.1. The normalized spacial score (nSPS) is 40.3. The average molecular weight is 461 g/mol. The molecule has 0 spiro atoms. The van der Waals surface area contributed by atoms with Crippen molar-refractivity contribution in [3.05, 3.63) is 47.5 Å². The molecule has 0 bridgehead atoms. The zero-order chi connectivity index (χ0) is 23.9. The highest BCUT2D eigenvalue weighted by atomic mass is 14.6. The molecule has 1 aromatic carbocycles. The van der Waals surface area contributed by atoms with E-state index in [0.29, 0.717) is 10.8 Å². The van der Waals surface area contributed by atoms with E-state index in [9.17, 15) is 0 Å². The van der Waals surface area contributed by atoms with Crippen molar-refractivity contribution in [2.24, 2.45) is 52.3 Å². The zero-order valence-electron chi connectivity index (χ0n) is 23.0. The zero-order valence-corrected chi connectivity index (χ0v) is 23.0. The SMILES string of the molecule is CC(C)CCC[C@@H](C)[C@@H]1CC[C@@H]2[C@@H]3CC[C@H]4CC=C(Cc5ccccc5)C[C@]4(C)[C@H]3CC[C@]21C. The van der Waals surface area contributed by atoms with Gasteiger partial charge in [-0.05, 0) is 116 Å². The van der Waals surface area contributed by atoms with Gasteiger partial charge in [-0.25, -0.2) is 0 Å². The van der Waals surface area contributed by atoms with Crippen molar-refractivity contribution in [1.29, 1.82) is 0 Å². The Kier molecular flexibility index (Phi) is 7.09.